The molecule has 1 amide bonds. The molecule has 0 bridgehead atoms. The number of sulfonamides is 1. The predicted octanol–water partition coefficient (Wildman–Crippen LogP) is 5.18. The van der Waals surface area contributed by atoms with Gasteiger partial charge in [0.05, 0.1) is 16.2 Å². The van der Waals surface area contributed by atoms with Crippen molar-refractivity contribution in [3.05, 3.63) is 65.0 Å². The Bertz CT molecular complexity index is 1280. The lowest BCUT2D eigenvalue weighted by Crippen LogP contribution is -2.41. The number of carbonyl (C=O) groups excluding carboxylic acids is 1. The molecule has 1 aliphatic heterocycles. The van der Waals surface area contributed by atoms with Crippen molar-refractivity contribution in [2.45, 2.75) is 30.8 Å². The molecular formula is C23H22F3N3O3S2. The highest BCUT2D eigenvalue weighted by Crippen LogP contribution is 2.36. The molecule has 0 radical (unpaired) electrons. The monoisotopic (exact) mass is 509 g/mol. The minimum Gasteiger partial charge on any atom is -0.302 e. The van der Waals surface area contributed by atoms with Gasteiger partial charge in [-0.2, -0.15) is 17.5 Å². The average Bonchev–Trinajstić information content (AvgIpc) is 3.27. The summed E-state index contributed by atoms with van der Waals surface area (Å²) in [5, 5.41) is 5.06. The highest BCUT2D eigenvalue weighted by molar-refractivity contribution is 7.89. The molecule has 4 rings (SSSR count). The van der Waals surface area contributed by atoms with Crippen molar-refractivity contribution < 1.29 is 26.4 Å². The van der Waals surface area contributed by atoms with Crippen LogP contribution in [0.1, 0.15) is 24.0 Å². The first-order valence-electron chi connectivity index (χ1n) is 10.6. The first-order chi connectivity index (χ1) is 16.1. The number of anilines is 1. The van der Waals surface area contributed by atoms with Gasteiger partial charge in [-0.25, -0.2) is 13.4 Å². The molecule has 34 heavy (non-hydrogen) atoms. The molecule has 1 fully saturated rings. The van der Waals surface area contributed by atoms with Crippen molar-refractivity contribution in [2.24, 2.45) is 5.92 Å². The van der Waals surface area contributed by atoms with E-state index in [0.29, 0.717) is 5.13 Å². The van der Waals surface area contributed by atoms with E-state index in [4.69, 9.17) is 0 Å². The minimum atomic E-state index is -4.78. The summed E-state index contributed by atoms with van der Waals surface area (Å²) in [7, 11) is -4.34. The zero-order valence-corrected chi connectivity index (χ0v) is 19.8. The molecule has 6 nitrogen and oxygen atoms in total. The summed E-state index contributed by atoms with van der Waals surface area (Å²) in [6, 6.07) is 12.0. The molecule has 2 aromatic carbocycles. The van der Waals surface area contributed by atoms with Gasteiger partial charge in [-0.15, -0.1) is 11.3 Å². The van der Waals surface area contributed by atoms with Gasteiger partial charge in [0, 0.05) is 30.0 Å². The van der Waals surface area contributed by atoms with Crippen molar-refractivity contribution in [1.82, 2.24) is 9.29 Å². The van der Waals surface area contributed by atoms with Crippen LogP contribution in [0, 0.1) is 12.8 Å². The molecule has 0 spiro atoms. The molecule has 3 aromatic rings. The van der Waals surface area contributed by atoms with Crippen molar-refractivity contribution in [3.8, 4) is 11.3 Å². The first-order valence-corrected chi connectivity index (χ1v) is 12.9. The predicted molar refractivity (Wildman–Crippen MR) is 124 cm³/mol. The topological polar surface area (TPSA) is 79.4 Å². The SMILES string of the molecule is Cc1ccc(-c2csc(NC(=O)C3CCN(S(=O)(=O)c4ccccc4C(F)(F)F)CC3)n2)cc1. The van der Waals surface area contributed by atoms with Gasteiger partial charge in [-0.3, -0.25) is 4.79 Å². The smallest absolute Gasteiger partial charge is 0.302 e. The Balaban J connectivity index is 1.40. The highest BCUT2D eigenvalue weighted by Gasteiger charge is 2.40. The van der Waals surface area contributed by atoms with Crippen LogP contribution < -0.4 is 5.32 Å². The van der Waals surface area contributed by atoms with Gasteiger partial charge in [0.15, 0.2) is 5.13 Å². The Morgan fingerprint density at radius 2 is 1.74 bits per heavy atom. The first kappa shape index (κ1) is 24.4. The van der Waals surface area contributed by atoms with E-state index in [9.17, 15) is 26.4 Å². The number of nitrogens with zero attached hydrogens (tertiary/aromatic N) is 2. The fraction of sp³-hybridized carbons (Fsp3) is 0.304. The van der Waals surface area contributed by atoms with Gasteiger partial charge in [0.1, 0.15) is 0 Å². The molecule has 0 atom stereocenters. The van der Waals surface area contributed by atoms with Crippen LogP contribution >= 0.6 is 11.3 Å². The summed E-state index contributed by atoms with van der Waals surface area (Å²) in [6.45, 7) is 1.90. The number of alkyl halides is 3. The fourth-order valence-corrected chi connectivity index (χ4v) is 6.22. The Hall–Kier alpha value is -2.76. The van der Waals surface area contributed by atoms with Crippen molar-refractivity contribution in [2.75, 3.05) is 18.4 Å². The van der Waals surface area contributed by atoms with E-state index in [-0.39, 0.29) is 31.8 Å². The summed E-state index contributed by atoms with van der Waals surface area (Å²) < 4.78 is 66.7. The number of benzene rings is 2. The number of amides is 1. The molecule has 11 heteroatoms. The van der Waals surface area contributed by atoms with Crippen LogP contribution in [0.3, 0.4) is 0 Å². The number of hydrogen-bond donors (Lipinski definition) is 1. The van der Waals surface area contributed by atoms with Gasteiger partial charge in [-0.1, -0.05) is 42.0 Å². The number of piperidine rings is 1. The number of rotatable bonds is 5. The second-order valence-electron chi connectivity index (χ2n) is 8.07. The molecule has 0 unspecified atom stereocenters. The van der Waals surface area contributed by atoms with Gasteiger partial charge in [0.25, 0.3) is 0 Å². The normalized spacial score (nSPS) is 15.9. The number of aromatic nitrogens is 1. The Kier molecular flexibility index (Phi) is 6.79. The van der Waals surface area contributed by atoms with E-state index in [1.807, 2.05) is 36.6 Å². The van der Waals surface area contributed by atoms with Gasteiger partial charge in [0.2, 0.25) is 15.9 Å². The van der Waals surface area contributed by atoms with Crippen LogP contribution in [0.4, 0.5) is 18.3 Å². The van der Waals surface area contributed by atoms with Crippen molar-refractivity contribution in [1.29, 1.82) is 0 Å². The van der Waals surface area contributed by atoms with Crippen LogP contribution in [-0.4, -0.2) is 36.7 Å². The van der Waals surface area contributed by atoms with E-state index < -0.39 is 32.6 Å². The van der Waals surface area contributed by atoms with E-state index in [1.165, 1.54) is 17.4 Å². The third kappa shape index (κ3) is 5.16. The van der Waals surface area contributed by atoms with Gasteiger partial charge in [-0.05, 0) is 31.9 Å². The molecule has 180 valence electrons. The molecule has 1 saturated heterocycles. The molecule has 1 N–H and O–H groups in total. The van der Waals surface area contributed by atoms with Crippen LogP contribution in [0.25, 0.3) is 11.3 Å². The van der Waals surface area contributed by atoms with Crippen LogP contribution in [0.15, 0.2) is 58.8 Å². The number of hydrogen-bond acceptors (Lipinski definition) is 5. The Morgan fingerprint density at radius 3 is 2.38 bits per heavy atom. The fourth-order valence-electron chi connectivity index (χ4n) is 3.82. The van der Waals surface area contributed by atoms with E-state index in [2.05, 4.69) is 10.3 Å². The summed E-state index contributed by atoms with van der Waals surface area (Å²) in [4.78, 5) is 16.4. The summed E-state index contributed by atoms with van der Waals surface area (Å²) in [5.41, 5.74) is 1.61. The molecule has 0 aliphatic carbocycles. The van der Waals surface area contributed by atoms with Crippen LogP contribution in [-0.2, 0) is 21.0 Å². The standard InChI is InChI=1S/C23H22F3N3O3S2/c1-15-6-8-16(9-7-15)19-14-33-22(27-19)28-21(30)17-10-12-29(13-11-17)34(31,32)20-5-3-2-4-18(20)23(24,25)26/h2-9,14,17H,10-13H2,1H3,(H,27,28,30). The van der Waals surface area contributed by atoms with E-state index in [0.717, 1.165) is 39.3 Å². The van der Waals surface area contributed by atoms with E-state index >= 15 is 0 Å². The van der Waals surface area contributed by atoms with Crippen LogP contribution in [0.2, 0.25) is 0 Å². The molecule has 1 aliphatic rings. The average molecular weight is 510 g/mol. The van der Waals surface area contributed by atoms with Crippen molar-refractivity contribution >= 4 is 32.4 Å². The summed E-state index contributed by atoms with van der Waals surface area (Å²) in [6.07, 6.45) is -4.38. The maximum Gasteiger partial charge on any atom is 0.417 e. The number of nitrogens with one attached hydrogen (secondary N) is 1. The quantitative estimate of drug-likeness (QED) is 0.514. The third-order valence-corrected chi connectivity index (χ3v) is 8.43. The van der Waals surface area contributed by atoms with Gasteiger partial charge >= 0.3 is 6.18 Å². The zero-order chi connectivity index (χ0) is 24.5. The maximum absolute atomic E-state index is 13.3. The highest BCUT2D eigenvalue weighted by atomic mass is 32.2. The summed E-state index contributed by atoms with van der Waals surface area (Å²) >= 11 is 1.29. The summed E-state index contributed by atoms with van der Waals surface area (Å²) in [5.74, 6) is -0.742. The number of carbonyl (C=O) groups is 1. The second-order valence-corrected chi connectivity index (χ2v) is 10.8. The molecule has 2 heterocycles. The van der Waals surface area contributed by atoms with E-state index in [1.54, 1.807) is 0 Å². The molecule has 0 saturated carbocycles. The minimum absolute atomic E-state index is 0.0426. The lowest BCUT2D eigenvalue weighted by molar-refractivity contribution is -0.139. The number of thiazole rings is 1. The maximum atomic E-state index is 13.3. The number of aryl methyl sites for hydroxylation is 1. The Morgan fingerprint density at radius 1 is 1.09 bits per heavy atom. The lowest BCUT2D eigenvalue weighted by atomic mass is 9.97. The third-order valence-electron chi connectivity index (χ3n) is 5.72. The molecule has 1 aromatic heterocycles. The lowest BCUT2D eigenvalue weighted by Gasteiger charge is -2.31. The Labute approximate surface area is 199 Å². The molecular weight excluding hydrogens is 487 g/mol. The van der Waals surface area contributed by atoms with Gasteiger partial charge < -0.3 is 5.32 Å². The second kappa shape index (κ2) is 9.47. The van der Waals surface area contributed by atoms with Crippen molar-refractivity contribution in [3.63, 3.8) is 0 Å². The van der Waals surface area contributed by atoms with Crippen LogP contribution in [0.5, 0.6) is 0 Å². The number of halogens is 3. The largest absolute Gasteiger partial charge is 0.417 e. The zero-order valence-electron chi connectivity index (χ0n) is 18.2.